The lowest BCUT2D eigenvalue weighted by atomic mass is 9.97. The predicted octanol–water partition coefficient (Wildman–Crippen LogP) is 3.70. The quantitative estimate of drug-likeness (QED) is 0.478. The molecule has 5 rings (SSSR count). The molecule has 194 valence electrons. The number of hydrazine groups is 1. The van der Waals surface area contributed by atoms with E-state index in [0.717, 1.165) is 71.0 Å². The molecule has 3 N–H and O–H groups in total. The van der Waals surface area contributed by atoms with Crippen molar-refractivity contribution in [1.82, 2.24) is 15.3 Å². The summed E-state index contributed by atoms with van der Waals surface area (Å²) in [6.45, 7) is 8.31. The summed E-state index contributed by atoms with van der Waals surface area (Å²) in [5.41, 5.74) is 15.5. The lowest BCUT2D eigenvalue weighted by molar-refractivity contribution is 0.312. The zero-order valence-electron chi connectivity index (χ0n) is 21.9. The minimum absolute atomic E-state index is 0.444. The normalized spacial score (nSPS) is 16.7. The van der Waals surface area contributed by atoms with Crippen molar-refractivity contribution in [3.63, 3.8) is 0 Å². The second kappa shape index (κ2) is 10.2. The molecule has 0 bridgehead atoms. The highest BCUT2D eigenvalue weighted by atomic mass is 31.2. The maximum Gasteiger partial charge on any atom is 0.128 e. The number of nitrogen functional groups attached to an aromatic ring is 1. The minimum atomic E-state index is -2.40. The first kappa shape index (κ1) is 25.3. The molecule has 1 fully saturated rings. The van der Waals surface area contributed by atoms with Crippen molar-refractivity contribution in [1.29, 1.82) is 0 Å². The van der Waals surface area contributed by atoms with E-state index in [9.17, 15) is 4.57 Å². The number of rotatable bonds is 6. The van der Waals surface area contributed by atoms with E-state index in [4.69, 9.17) is 10.5 Å². The Labute approximate surface area is 219 Å². The van der Waals surface area contributed by atoms with Crippen molar-refractivity contribution < 1.29 is 9.30 Å². The van der Waals surface area contributed by atoms with E-state index in [1.54, 1.807) is 20.4 Å². The van der Waals surface area contributed by atoms with Gasteiger partial charge in [0.25, 0.3) is 0 Å². The molecular formula is C28H35N6O2P. The third-order valence-electron chi connectivity index (χ3n) is 7.04. The van der Waals surface area contributed by atoms with Crippen LogP contribution < -0.4 is 31.1 Å². The highest BCUT2D eigenvalue weighted by Crippen LogP contribution is 2.41. The van der Waals surface area contributed by atoms with Crippen LogP contribution in [0.3, 0.4) is 0 Å². The molecule has 3 heterocycles. The maximum atomic E-state index is 12.7. The van der Waals surface area contributed by atoms with Crippen LogP contribution in [0.15, 0.2) is 60.8 Å². The predicted molar refractivity (Wildman–Crippen MR) is 154 cm³/mol. The number of nitrogens with two attached hydrogens (primary N) is 1. The Morgan fingerprint density at radius 2 is 1.76 bits per heavy atom. The summed E-state index contributed by atoms with van der Waals surface area (Å²) in [5.74, 6) is 1.24. The molecule has 0 radical (unpaired) electrons. The molecule has 0 unspecified atom stereocenters. The second-order valence-electron chi connectivity index (χ2n) is 9.99. The van der Waals surface area contributed by atoms with Crippen LogP contribution in [0.25, 0.3) is 16.8 Å². The summed E-state index contributed by atoms with van der Waals surface area (Å²) >= 11 is 0. The molecule has 0 atom stereocenters. The van der Waals surface area contributed by atoms with Gasteiger partial charge in [-0.15, -0.1) is 0 Å². The molecule has 2 aliphatic rings. The number of piperazine rings is 1. The van der Waals surface area contributed by atoms with Crippen molar-refractivity contribution in [2.45, 2.75) is 0 Å². The molecular weight excluding hydrogens is 483 g/mol. The van der Waals surface area contributed by atoms with Gasteiger partial charge in [0.2, 0.25) is 0 Å². The molecule has 1 aromatic heterocycles. The van der Waals surface area contributed by atoms with Gasteiger partial charge in [0, 0.05) is 72.7 Å². The van der Waals surface area contributed by atoms with E-state index < -0.39 is 7.14 Å². The Balaban J connectivity index is 1.54. The number of hydrogen-bond acceptors (Lipinski definition) is 8. The third kappa shape index (κ3) is 5.23. The lowest BCUT2D eigenvalue weighted by Crippen LogP contribution is -2.44. The number of pyridine rings is 1. The van der Waals surface area contributed by atoms with Gasteiger partial charge in [-0.25, -0.2) is 10.4 Å². The Morgan fingerprint density at radius 3 is 2.49 bits per heavy atom. The Kier molecular flexibility index (Phi) is 6.99. The Hall–Kier alpha value is -3.32. The van der Waals surface area contributed by atoms with Gasteiger partial charge in [0.05, 0.1) is 18.5 Å². The van der Waals surface area contributed by atoms with Crippen molar-refractivity contribution in [2.75, 3.05) is 75.9 Å². The zero-order valence-corrected chi connectivity index (χ0v) is 22.8. The molecule has 2 aliphatic heterocycles. The fraction of sp³-hybridized carbons (Fsp3) is 0.321. The average Bonchev–Trinajstić information content (AvgIpc) is 3.38. The highest BCUT2D eigenvalue weighted by Gasteiger charge is 2.25. The molecule has 37 heavy (non-hydrogen) atoms. The van der Waals surface area contributed by atoms with Gasteiger partial charge in [0.1, 0.15) is 18.7 Å². The van der Waals surface area contributed by atoms with Crippen LogP contribution >= 0.6 is 7.14 Å². The van der Waals surface area contributed by atoms with Crippen molar-refractivity contribution in [2.24, 2.45) is 0 Å². The number of hydrogen-bond donors (Lipinski definition) is 2. The van der Waals surface area contributed by atoms with E-state index in [1.807, 2.05) is 41.5 Å². The zero-order chi connectivity index (χ0) is 26.2. The first-order valence-electron chi connectivity index (χ1n) is 12.5. The first-order chi connectivity index (χ1) is 17.7. The summed E-state index contributed by atoms with van der Waals surface area (Å²) in [4.78, 5) is 9.17. The van der Waals surface area contributed by atoms with E-state index in [1.165, 1.54) is 0 Å². The Bertz CT molecular complexity index is 1380. The van der Waals surface area contributed by atoms with Gasteiger partial charge < -0.3 is 24.8 Å². The van der Waals surface area contributed by atoms with Gasteiger partial charge in [0.15, 0.2) is 0 Å². The van der Waals surface area contributed by atoms with Gasteiger partial charge in [-0.05, 0) is 56.8 Å². The summed E-state index contributed by atoms with van der Waals surface area (Å²) in [6.07, 6.45) is 3.95. The van der Waals surface area contributed by atoms with E-state index in [-0.39, 0.29) is 0 Å². The SMILES string of the molecule is COc1cc(N2CCN(C)CC2)ccc1-c1cnc(N)cc1C1=CCNN1c1cccc(P(C)(C)=O)c1. The highest BCUT2D eigenvalue weighted by molar-refractivity contribution is 7.70. The van der Waals surface area contributed by atoms with Crippen molar-refractivity contribution in [3.05, 3.63) is 66.4 Å². The molecule has 8 nitrogen and oxygen atoms in total. The number of benzene rings is 2. The van der Waals surface area contributed by atoms with E-state index >= 15 is 0 Å². The minimum Gasteiger partial charge on any atom is -0.496 e. The first-order valence-corrected chi connectivity index (χ1v) is 15.1. The van der Waals surface area contributed by atoms with Crippen LogP contribution in [0.1, 0.15) is 5.56 Å². The monoisotopic (exact) mass is 518 g/mol. The summed E-state index contributed by atoms with van der Waals surface area (Å²) < 4.78 is 18.6. The van der Waals surface area contributed by atoms with Crippen LogP contribution in [0, 0.1) is 0 Å². The fourth-order valence-corrected chi connectivity index (χ4v) is 5.79. The number of nitrogens with zero attached hydrogens (tertiary/aromatic N) is 4. The van der Waals surface area contributed by atoms with Crippen LogP contribution in [0.2, 0.25) is 0 Å². The van der Waals surface area contributed by atoms with E-state index in [0.29, 0.717) is 12.4 Å². The standard InChI is InChI=1S/C28H35N6O2P/c1-32-12-14-33(15-13-32)20-8-9-23(27(17-20)36-2)25-19-30-28(29)18-24(25)26-10-11-31-34(26)21-6-5-7-22(16-21)37(3,4)35/h5-10,16-19,31H,11-15H2,1-4H3,(H2,29,30). The van der Waals surface area contributed by atoms with Gasteiger partial charge in [-0.2, -0.15) is 0 Å². The fourth-order valence-electron chi connectivity index (χ4n) is 4.90. The lowest BCUT2D eigenvalue weighted by Gasteiger charge is -2.34. The number of likely N-dealkylation sites (N-methyl/N-ethyl adjacent to an activating group) is 1. The third-order valence-corrected chi connectivity index (χ3v) is 8.56. The average molecular weight is 519 g/mol. The Morgan fingerprint density at radius 1 is 0.973 bits per heavy atom. The molecule has 3 aromatic rings. The second-order valence-corrected chi connectivity index (χ2v) is 13.2. The number of anilines is 3. The summed E-state index contributed by atoms with van der Waals surface area (Å²) in [5, 5.41) is 2.87. The van der Waals surface area contributed by atoms with Crippen molar-refractivity contribution >= 4 is 35.3 Å². The molecule has 2 aromatic carbocycles. The number of methoxy groups -OCH3 is 1. The molecule has 9 heteroatoms. The van der Waals surface area contributed by atoms with Gasteiger partial charge in [-0.3, -0.25) is 5.01 Å². The maximum absolute atomic E-state index is 12.7. The van der Waals surface area contributed by atoms with Crippen LogP contribution in [0.4, 0.5) is 17.2 Å². The van der Waals surface area contributed by atoms with Crippen LogP contribution in [-0.2, 0) is 4.57 Å². The molecule has 0 aliphatic carbocycles. The van der Waals surface area contributed by atoms with Gasteiger partial charge in [-0.1, -0.05) is 12.1 Å². The van der Waals surface area contributed by atoms with Gasteiger partial charge >= 0.3 is 0 Å². The summed E-state index contributed by atoms with van der Waals surface area (Å²) in [7, 11) is 1.47. The number of nitrogens with one attached hydrogen (secondary N) is 1. The molecule has 0 amide bonds. The molecule has 1 saturated heterocycles. The number of aromatic nitrogens is 1. The van der Waals surface area contributed by atoms with Crippen molar-refractivity contribution in [3.8, 4) is 16.9 Å². The summed E-state index contributed by atoms with van der Waals surface area (Å²) in [6, 6.07) is 16.2. The molecule has 0 spiro atoms. The topological polar surface area (TPSA) is 87.0 Å². The van der Waals surface area contributed by atoms with Crippen LogP contribution in [-0.4, -0.2) is 70.1 Å². The number of ether oxygens (including phenoxy) is 1. The largest absolute Gasteiger partial charge is 0.496 e. The smallest absolute Gasteiger partial charge is 0.128 e. The van der Waals surface area contributed by atoms with Crippen LogP contribution in [0.5, 0.6) is 5.75 Å². The molecule has 0 saturated carbocycles. The van der Waals surface area contributed by atoms with E-state index in [2.05, 4.69) is 51.5 Å².